The van der Waals surface area contributed by atoms with Crippen LogP contribution >= 0.6 is 0 Å². The van der Waals surface area contributed by atoms with Crippen molar-refractivity contribution in [2.45, 2.75) is 25.7 Å². The van der Waals surface area contributed by atoms with Crippen molar-refractivity contribution in [1.82, 2.24) is 0 Å². The molecule has 0 fully saturated rings. The Hall–Kier alpha value is -5.46. The van der Waals surface area contributed by atoms with E-state index in [0.717, 1.165) is 12.8 Å². The van der Waals surface area contributed by atoms with Crippen LogP contribution in [0.4, 0.5) is 0 Å². The number of hydrogen-bond donors (Lipinski definition) is 0. The molecule has 0 saturated heterocycles. The second kappa shape index (κ2) is 10.9. The number of fused-ring (bicyclic) bond motifs is 5. The van der Waals surface area contributed by atoms with Crippen molar-refractivity contribution in [3.63, 3.8) is 0 Å². The van der Waals surface area contributed by atoms with Crippen molar-refractivity contribution in [3.05, 3.63) is 174 Å². The quantitative estimate of drug-likeness (QED) is 0.176. The minimum Gasteiger partial charge on any atom is -0.0646 e. The van der Waals surface area contributed by atoms with Crippen molar-refractivity contribution in [1.29, 1.82) is 0 Å². The topological polar surface area (TPSA) is 0 Å². The Morgan fingerprint density at radius 1 is 0.478 bits per heavy atom. The van der Waals surface area contributed by atoms with E-state index in [9.17, 15) is 0 Å². The van der Waals surface area contributed by atoms with E-state index in [1.54, 1.807) is 0 Å². The number of rotatable bonds is 5. The maximum Gasteiger partial charge on any atom is -0.00207 e. The molecule has 1 aliphatic rings. The highest BCUT2D eigenvalue weighted by atomic mass is 14.3. The highest BCUT2D eigenvalue weighted by molar-refractivity contribution is 6.16. The van der Waals surface area contributed by atoms with Crippen molar-refractivity contribution in [2.75, 3.05) is 0 Å². The summed E-state index contributed by atoms with van der Waals surface area (Å²) in [6.07, 6.45) is 4.55. The Morgan fingerprint density at radius 2 is 0.913 bits per heavy atom. The molecule has 0 N–H and O–H groups in total. The Morgan fingerprint density at radius 3 is 1.43 bits per heavy atom. The summed E-state index contributed by atoms with van der Waals surface area (Å²) in [7, 11) is 0. The zero-order valence-corrected chi connectivity index (χ0v) is 26.0. The van der Waals surface area contributed by atoms with Gasteiger partial charge in [-0.15, -0.1) is 0 Å². The predicted octanol–water partition coefficient (Wildman–Crippen LogP) is 12.8. The van der Waals surface area contributed by atoms with Gasteiger partial charge in [-0.2, -0.15) is 0 Å². The molecule has 0 aromatic heterocycles. The summed E-state index contributed by atoms with van der Waals surface area (Å²) in [6, 6.07) is 56.1. The third-order valence-electron chi connectivity index (χ3n) is 10.1. The van der Waals surface area contributed by atoms with Gasteiger partial charge in [-0.25, -0.2) is 0 Å². The zero-order valence-electron chi connectivity index (χ0n) is 26.0. The molecule has 0 aliphatic heterocycles. The molecule has 218 valence electrons. The van der Waals surface area contributed by atoms with E-state index in [1.165, 1.54) is 87.6 Å². The van der Waals surface area contributed by atoms with Gasteiger partial charge in [-0.3, -0.25) is 0 Å². The molecule has 1 atom stereocenters. The minimum absolute atomic E-state index is 0.449. The summed E-state index contributed by atoms with van der Waals surface area (Å²) in [5, 5.41) is 10.4. The lowest BCUT2D eigenvalue weighted by atomic mass is 9.84. The standard InChI is InChI=1S/C46H34/c1-30(32-13-3-2-4-14-32)25-31-26-43-41(45-37-19-9-5-15-33(37)28-34-16-6-10-20-38(34)45)23-24-42(44(43)27-31)46-39-21-11-7-17-35(39)29-36-18-8-12-22-40(36)46/h2-24,26,28-30H,25,27H2,1H3. The SMILES string of the molecule is CC(CC1=Cc2c(-c3c4ccccc4cc4ccccc34)ccc(-c3c4ccccc4cc4ccccc34)c2C1)c1ccccc1. The normalized spacial score (nSPS) is 13.4. The van der Waals surface area contributed by atoms with Crippen LogP contribution in [0.5, 0.6) is 0 Å². The van der Waals surface area contributed by atoms with Crippen LogP contribution < -0.4 is 0 Å². The number of hydrogen-bond acceptors (Lipinski definition) is 0. The second-order valence-electron chi connectivity index (χ2n) is 12.9. The summed E-state index contributed by atoms with van der Waals surface area (Å²) in [6.45, 7) is 2.37. The van der Waals surface area contributed by atoms with Crippen LogP contribution in [0.25, 0.3) is 71.4 Å². The molecule has 0 radical (unpaired) electrons. The third-order valence-corrected chi connectivity index (χ3v) is 10.1. The second-order valence-corrected chi connectivity index (χ2v) is 12.9. The van der Waals surface area contributed by atoms with Crippen LogP contribution in [-0.4, -0.2) is 0 Å². The lowest BCUT2D eigenvalue weighted by Gasteiger charge is -2.19. The van der Waals surface area contributed by atoms with Crippen LogP contribution in [0, 0.1) is 0 Å². The molecular formula is C46H34. The maximum atomic E-state index is 2.54. The first kappa shape index (κ1) is 26.9. The van der Waals surface area contributed by atoms with Crippen LogP contribution in [0.1, 0.15) is 36.0 Å². The molecule has 9 rings (SSSR count). The molecule has 0 nitrogen and oxygen atoms in total. The van der Waals surface area contributed by atoms with Crippen molar-refractivity contribution >= 4 is 49.2 Å². The summed E-state index contributed by atoms with van der Waals surface area (Å²) < 4.78 is 0. The maximum absolute atomic E-state index is 2.54. The highest BCUT2D eigenvalue weighted by Crippen LogP contribution is 2.48. The molecule has 0 bridgehead atoms. The molecule has 1 aliphatic carbocycles. The molecule has 1 unspecified atom stereocenters. The molecule has 0 saturated carbocycles. The summed E-state index contributed by atoms with van der Waals surface area (Å²) in [5.74, 6) is 0.449. The predicted molar refractivity (Wildman–Crippen MR) is 198 cm³/mol. The van der Waals surface area contributed by atoms with Crippen molar-refractivity contribution < 1.29 is 0 Å². The Balaban J connectivity index is 1.33. The fourth-order valence-corrected chi connectivity index (χ4v) is 7.99. The van der Waals surface area contributed by atoms with E-state index in [4.69, 9.17) is 0 Å². The molecule has 0 heteroatoms. The van der Waals surface area contributed by atoms with Crippen molar-refractivity contribution in [2.24, 2.45) is 0 Å². The van der Waals surface area contributed by atoms with Crippen LogP contribution in [0.3, 0.4) is 0 Å². The molecule has 0 spiro atoms. The monoisotopic (exact) mass is 586 g/mol. The van der Waals surface area contributed by atoms with E-state index in [-0.39, 0.29) is 0 Å². The van der Waals surface area contributed by atoms with E-state index < -0.39 is 0 Å². The van der Waals surface area contributed by atoms with Gasteiger partial charge in [0.25, 0.3) is 0 Å². The Kier molecular flexibility index (Phi) is 6.35. The summed E-state index contributed by atoms with van der Waals surface area (Å²) in [5.41, 5.74) is 11.1. The van der Waals surface area contributed by atoms with Gasteiger partial charge >= 0.3 is 0 Å². The van der Waals surface area contributed by atoms with Gasteiger partial charge < -0.3 is 0 Å². The van der Waals surface area contributed by atoms with Crippen LogP contribution in [0.15, 0.2) is 157 Å². The highest BCUT2D eigenvalue weighted by Gasteiger charge is 2.25. The smallest absolute Gasteiger partial charge is 0.00207 e. The first-order chi connectivity index (χ1) is 22.7. The van der Waals surface area contributed by atoms with Crippen molar-refractivity contribution in [3.8, 4) is 22.3 Å². The Labute approximate surface area is 270 Å². The van der Waals surface area contributed by atoms with E-state index in [1.807, 2.05) is 0 Å². The van der Waals surface area contributed by atoms with Crippen LogP contribution in [-0.2, 0) is 6.42 Å². The lowest BCUT2D eigenvalue weighted by molar-refractivity contribution is 0.744. The molecular weight excluding hydrogens is 553 g/mol. The Bertz CT molecular complexity index is 2370. The first-order valence-corrected chi connectivity index (χ1v) is 16.4. The van der Waals surface area contributed by atoms with E-state index >= 15 is 0 Å². The molecule has 8 aromatic carbocycles. The summed E-state index contributed by atoms with van der Waals surface area (Å²) >= 11 is 0. The largest absolute Gasteiger partial charge is 0.0646 e. The average Bonchev–Trinajstić information content (AvgIpc) is 3.53. The lowest BCUT2D eigenvalue weighted by Crippen LogP contribution is -1.98. The molecule has 46 heavy (non-hydrogen) atoms. The van der Waals surface area contributed by atoms with Gasteiger partial charge in [0.2, 0.25) is 0 Å². The fraction of sp³-hybridized carbons (Fsp3) is 0.0870. The van der Waals surface area contributed by atoms with Gasteiger partial charge in [0.15, 0.2) is 0 Å². The molecule has 0 heterocycles. The fourth-order valence-electron chi connectivity index (χ4n) is 7.99. The van der Waals surface area contributed by atoms with Gasteiger partial charge in [0.1, 0.15) is 0 Å². The van der Waals surface area contributed by atoms with Gasteiger partial charge in [0, 0.05) is 0 Å². The summed E-state index contributed by atoms with van der Waals surface area (Å²) in [4.78, 5) is 0. The van der Waals surface area contributed by atoms with E-state index in [2.05, 4.69) is 165 Å². The number of allylic oxidation sites excluding steroid dienone is 1. The molecule has 8 aromatic rings. The minimum atomic E-state index is 0.449. The van der Waals surface area contributed by atoms with E-state index in [0.29, 0.717) is 5.92 Å². The van der Waals surface area contributed by atoms with Crippen LogP contribution in [0.2, 0.25) is 0 Å². The van der Waals surface area contributed by atoms with Gasteiger partial charge in [-0.05, 0) is 113 Å². The van der Waals surface area contributed by atoms with Gasteiger partial charge in [0.05, 0.1) is 0 Å². The molecule has 0 amide bonds. The zero-order chi connectivity index (χ0) is 30.6. The number of benzene rings is 8. The average molecular weight is 587 g/mol. The van der Waals surface area contributed by atoms with Gasteiger partial charge in [-0.1, -0.05) is 158 Å². The third kappa shape index (κ3) is 4.37. The first-order valence-electron chi connectivity index (χ1n) is 16.4.